The monoisotopic (exact) mass is 223 g/mol. The second-order valence-corrected chi connectivity index (χ2v) is 5.02. The highest BCUT2D eigenvalue weighted by Crippen LogP contribution is 2.40. The van der Waals surface area contributed by atoms with Crippen molar-refractivity contribution in [2.24, 2.45) is 0 Å². The van der Waals surface area contributed by atoms with E-state index in [1.807, 2.05) is 0 Å². The third-order valence-corrected chi connectivity index (χ3v) is 4.45. The van der Waals surface area contributed by atoms with E-state index in [0.29, 0.717) is 0 Å². The predicted octanol–water partition coefficient (Wildman–Crippen LogP) is 3.77. The molecule has 0 atom stereocenters. The number of thiophene rings is 1. The summed E-state index contributed by atoms with van der Waals surface area (Å²) < 4.78 is 1.36. The summed E-state index contributed by atoms with van der Waals surface area (Å²) in [5.41, 5.74) is 7.39. The molecular formula is C11H13NS2. The Bertz CT molecular complexity index is 460. The van der Waals surface area contributed by atoms with Crippen LogP contribution in [0.3, 0.4) is 0 Å². The van der Waals surface area contributed by atoms with E-state index in [-0.39, 0.29) is 0 Å². The molecule has 14 heavy (non-hydrogen) atoms. The van der Waals surface area contributed by atoms with E-state index in [9.17, 15) is 0 Å². The number of hydrogen-bond acceptors (Lipinski definition) is 3. The summed E-state index contributed by atoms with van der Waals surface area (Å²) in [5, 5.41) is 2.27. The molecule has 1 aromatic carbocycles. The molecule has 0 spiro atoms. The van der Waals surface area contributed by atoms with Crippen molar-refractivity contribution in [3.05, 3.63) is 23.8 Å². The van der Waals surface area contributed by atoms with Gasteiger partial charge in [-0.15, -0.1) is 23.1 Å². The van der Waals surface area contributed by atoms with Gasteiger partial charge in [0.05, 0.1) is 0 Å². The van der Waals surface area contributed by atoms with Crippen LogP contribution in [0.4, 0.5) is 5.00 Å². The van der Waals surface area contributed by atoms with E-state index in [1.165, 1.54) is 20.5 Å². The Morgan fingerprint density at radius 1 is 1.43 bits per heavy atom. The molecule has 1 aromatic heterocycles. The van der Waals surface area contributed by atoms with Crippen LogP contribution in [0.15, 0.2) is 23.1 Å². The molecule has 0 fully saturated rings. The van der Waals surface area contributed by atoms with Crippen LogP contribution in [0, 0.1) is 0 Å². The molecule has 0 bridgehead atoms. The number of fused-ring (bicyclic) bond motifs is 1. The van der Waals surface area contributed by atoms with Crippen molar-refractivity contribution in [3.63, 3.8) is 0 Å². The lowest BCUT2D eigenvalue weighted by molar-refractivity contribution is 1.16. The van der Waals surface area contributed by atoms with Gasteiger partial charge in [0.2, 0.25) is 0 Å². The zero-order valence-corrected chi connectivity index (χ0v) is 9.97. The van der Waals surface area contributed by atoms with Gasteiger partial charge in [-0.05, 0) is 18.2 Å². The number of rotatable bonds is 2. The normalized spacial score (nSPS) is 11.0. The van der Waals surface area contributed by atoms with Crippen molar-refractivity contribution < 1.29 is 0 Å². The molecule has 2 aromatic rings. The minimum absolute atomic E-state index is 0.952. The van der Waals surface area contributed by atoms with Crippen molar-refractivity contribution in [2.45, 2.75) is 18.2 Å². The number of nitrogens with two attached hydrogens (primary N) is 1. The van der Waals surface area contributed by atoms with Gasteiger partial charge in [0.15, 0.2) is 0 Å². The first-order valence-corrected chi connectivity index (χ1v) is 6.66. The van der Waals surface area contributed by atoms with Crippen molar-refractivity contribution in [3.8, 4) is 0 Å². The van der Waals surface area contributed by atoms with Gasteiger partial charge in [0.25, 0.3) is 0 Å². The minimum Gasteiger partial charge on any atom is -0.390 e. The molecule has 0 aliphatic carbocycles. The molecule has 1 heterocycles. The smallest absolute Gasteiger partial charge is 0.101 e. The molecule has 74 valence electrons. The molecule has 0 amide bonds. The first-order chi connectivity index (χ1) is 6.77. The Hall–Kier alpha value is -0.670. The zero-order valence-electron chi connectivity index (χ0n) is 8.33. The van der Waals surface area contributed by atoms with Crippen molar-refractivity contribution in [1.29, 1.82) is 0 Å². The second kappa shape index (κ2) is 3.83. The maximum atomic E-state index is 5.99. The van der Waals surface area contributed by atoms with Crippen LogP contribution in [-0.4, -0.2) is 6.26 Å². The fourth-order valence-corrected chi connectivity index (χ4v) is 3.74. The SMILES string of the molecule is CCc1cccc2c(SC)c(N)sc12. The summed E-state index contributed by atoms with van der Waals surface area (Å²) in [5.74, 6) is 0. The number of aryl methyl sites for hydroxylation is 1. The van der Waals surface area contributed by atoms with Crippen molar-refractivity contribution >= 4 is 38.2 Å². The molecule has 0 saturated carbocycles. The summed E-state index contributed by atoms with van der Waals surface area (Å²) in [6.07, 6.45) is 3.15. The van der Waals surface area contributed by atoms with E-state index >= 15 is 0 Å². The van der Waals surface area contributed by atoms with Crippen LogP contribution >= 0.6 is 23.1 Å². The average Bonchev–Trinajstić information content (AvgIpc) is 2.52. The Balaban J connectivity index is 2.79. The van der Waals surface area contributed by atoms with Gasteiger partial charge in [0, 0.05) is 15.0 Å². The highest BCUT2D eigenvalue weighted by atomic mass is 32.2. The standard InChI is InChI=1S/C11H13NS2/c1-3-7-5-4-6-8-9(7)14-11(12)10(8)13-2/h4-6H,3,12H2,1-2H3. The molecular weight excluding hydrogens is 210 g/mol. The largest absolute Gasteiger partial charge is 0.390 e. The number of nitrogen functional groups attached to an aromatic ring is 1. The van der Waals surface area contributed by atoms with Crippen LogP contribution in [-0.2, 0) is 6.42 Å². The molecule has 0 aliphatic rings. The first-order valence-electron chi connectivity index (χ1n) is 4.61. The van der Waals surface area contributed by atoms with Crippen LogP contribution in [0.5, 0.6) is 0 Å². The van der Waals surface area contributed by atoms with Crippen molar-refractivity contribution in [2.75, 3.05) is 12.0 Å². The van der Waals surface area contributed by atoms with Crippen molar-refractivity contribution in [1.82, 2.24) is 0 Å². The maximum absolute atomic E-state index is 5.99. The molecule has 2 N–H and O–H groups in total. The predicted molar refractivity (Wildman–Crippen MR) is 67.4 cm³/mol. The molecule has 0 aliphatic heterocycles. The van der Waals surface area contributed by atoms with Crippen LogP contribution in [0.2, 0.25) is 0 Å². The van der Waals surface area contributed by atoms with Gasteiger partial charge >= 0.3 is 0 Å². The van der Waals surface area contributed by atoms with Crippen LogP contribution in [0.25, 0.3) is 10.1 Å². The van der Waals surface area contributed by atoms with Gasteiger partial charge in [-0.3, -0.25) is 0 Å². The minimum atomic E-state index is 0.952. The lowest BCUT2D eigenvalue weighted by Crippen LogP contribution is -1.80. The molecule has 1 nitrogen and oxygen atoms in total. The number of benzene rings is 1. The maximum Gasteiger partial charge on any atom is 0.101 e. The summed E-state index contributed by atoms with van der Waals surface area (Å²) in [6.45, 7) is 2.18. The summed E-state index contributed by atoms with van der Waals surface area (Å²) in [7, 11) is 0. The summed E-state index contributed by atoms with van der Waals surface area (Å²) in [6, 6.07) is 6.46. The molecule has 2 rings (SSSR count). The molecule has 0 unspecified atom stereocenters. The molecule has 0 radical (unpaired) electrons. The topological polar surface area (TPSA) is 26.0 Å². The first kappa shape index (κ1) is 9.87. The van der Waals surface area contributed by atoms with E-state index in [1.54, 1.807) is 23.1 Å². The Morgan fingerprint density at radius 3 is 2.86 bits per heavy atom. The number of anilines is 1. The highest BCUT2D eigenvalue weighted by molar-refractivity contribution is 7.99. The fourth-order valence-electron chi connectivity index (χ4n) is 1.66. The lowest BCUT2D eigenvalue weighted by atomic mass is 10.1. The Labute approximate surface area is 92.3 Å². The summed E-state index contributed by atoms with van der Waals surface area (Å²) in [4.78, 5) is 1.24. The summed E-state index contributed by atoms with van der Waals surface area (Å²) >= 11 is 3.45. The van der Waals surface area contributed by atoms with E-state index in [2.05, 4.69) is 31.4 Å². The molecule has 0 saturated heterocycles. The Kier molecular flexibility index (Phi) is 2.70. The van der Waals surface area contributed by atoms with Gasteiger partial charge in [-0.2, -0.15) is 0 Å². The zero-order chi connectivity index (χ0) is 10.1. The van der Waals surface area contributed by atoms with Crippen LogP contribution < -0.4 is 5.73 Å². The van der Waals surface area contributed by atoms with Gasteiger partial charge in [0.1, 0.15) is 5.00 Å². The molecule has 3 heteroatoms. The third kappa shape index (κ3) is 1.41. The second-order valence-electron chi connectivity index (χ2n) is 3.15. The van der Waals surface area contributed by atoms with E-state index < -0.39 is 0 Å². The van der Waals surface area contributed by atoms with Gasteiger partial charge in [-0.1, -0.05) is 25.1 Å². The highest BCUT2D eigenvalue weighted by Gasteiger charge is 2.10. The lowest BCUT2D eigenvalue weighted by Gasteiger charge is -1.98. The Morgan fingerprint density at radius 2 is 2.21 bits per heavy atom. The van der Waals surface area contributed by atoms with E-state index in [4.69, 9.17) is 5.73 Å². The number of hydrogen-bond donors (Lipinski definition) is 1. The average molecular weight is 223 g/mol. The van der Waals surface area contributed by atoms with Gasteiger partial charge < -0.3 is 5.73 Å². The third-order valence-electron chi connectivity index (χ3n) is 2.36. The quantitative estimate of drug-likeness (QED) is 0.784. The van der Waals surface area contributed by atoms with Gasteiger partial charge in [-0.25, -0.2) is 0 Å². The van der Waals surface area contributed by atoms with Crippen LogP contribution in [0.1, 0.15) is 12.5 Å². The fraction of sp³-hybridized carbons (Fsp3) is 0.273. The number of thioether (sulfide) groups is 1. The van der Waals surface area contributed by atoms with E-state index in [0.717, 1.165) is 11.4 Å².